The summed E-state index contributed by atoms with van der Waals surface area (Å²) in [6, 6.07) is 11.8. The summed E-state index contributed by atoms with van der Waals surface area (Å²) in [6.07, 6.45) is 2.56. The third kappa shape index (κ3) is 2.72. The van der Waals surface area contributed by atoms with Gasteiger partial charge in [-0.05, 0) is 44.0 Å². The molecule has 2 atom stereocenters. The van der Waals surface area contributed by atoms with Gasteiger partial charge in [0.15, 0.2) is 0 Å². The summed E-state index contributed by atoms with van der Waals surface area (Å²) in [4.78, 5) is 14.6. The number of para-hydroxylation sites is 1. The lowest BCUT2D eigenvalue weighted by molar-refractivity contribution is -0.120. The van der Waals surface area contributed by atoms with Crippen molar-refractivity contribution in [1.82, 2.24) is 5.32 Å². The van der Waals surface area contributed by atoms with Crippen LogP contribution in [0, 0.1) is 0 Å². The molecule has 0 saturated heterocycles. The summed E-state index contributed by atoms with van der Waals surface area (Å²) in [6.45, 7) is 4.56. The average Bonchev–Trinajstić information content (AvgIpc) is 3.10. The fraction of sp³-hybridized carbons (Fsp3) is 0.353. The van der Waals surface area contributed by atoms with Gasteiger partial charge in [0.1, 0.15) is 5.76 Å². The number of nitrogens with zero attached hydrogens (tertiary/aromatic N) is 1. The quantitative estimate of drug-likeness (QED) is 0.939. The third-order valence-corrected chi connectivity index (χ3v) is 3.98. The molecule has 4 heteroatoms. The Hall–Kier alpha value is -2.07. The number of carbonyl (C=O) groups is 1. The standard InChI is InChI=1S/C17H20N2O2/c1-12-10-14-6-3-4-8-16(14)19(12)17(20)13(2)18-11-15-7-5-9-21-15/h3-9,12-13,18H,10-11H2,1-2H3. The van der Waals surface area contributed by atoms with E-state index in [1.54, 1.807) is 6.26 Å². The van der Waals surface area contributed by atoms with Gasteiger partial charge in [-0.25, -0.2) is 0 Å². The molecule has 1 aromatic heterocycles. The Bertz CT molecular complexity index is 621. The van der Waals surface area contributed by atoms with E-state index in [9.17, 15) is 4.79 Å². The second-order valence-electron chi connectivity index (χ2n) is 5.57. The predicted octanol–water partition coefficient (Wildman–Crippen LogP) is 2.74. The van der Waals surface area contributed by atoms with E-state index in [-0.39, 0.29) is 18.0 Å². The Morgan fingerprint density at radius 3 is 2.95 bits per heavy atom. The van der Waals surface area contributed by atoms with Gasteiger partial charge in [0.2, 0.25) is 5.91 Å². The lowest BCUT2D eigenvalue weighted by Crippen LogP contribution is -2.47. The number of hydrogen-bond donors (Lipinski definition) is 1. The third-order valence-electron chi connectivity index (χ3n) is 3.98. The second kappa shape index (κ2) is 5.74. The topological polar surface area (TPSA) is 45.5 Å². The van der Waals surface area contributed by atoms with Crippen molar-refractivity contribution in [1.29, 1.82) is 0 Å². The molecule has 1 aliphatic heterocycles. The van der Waals surface area contributed by atoms with Gasteiger partial charge in [-0.15, -0.1) is 0 Å². The molecule has 1 aliphatic rings. The molecule has 0 aliphatic carbocycles. The van der Waals surface area contributed by atoms with Crippen molar-refractivity contribution >= 4 is 11.6 Å². The van der Waals surface area contributed by atoms with Crippen LogP contribution in [-0.2, 0) is 17.8 Å². The Morgan fingerprint density at radius 2 is 2.19 bits per heavy atom. The average molecular weight is 284 g/mol. The summed E-state index contributed by atoms with van der Waals surface area (Å²) < 4.78 is 5.28. The zero-order valence-corrected chi connectivity index (χ0v) is 12.4. The maximum absolute atomic E-state index is 12.7. The number of fused-ring (bicyclic) bond motifs is 1. The van der Waals surface area contributed by atoms with Gasteiger partial charge in [0, 0.05) is 11.7 Å². The van der Waals surface area contributed by atoms with Crippen molar-refractivity contribution in [2.24, 2.45) is 0 Å². The van der Waals surface area contributed by atoms with E-state index in [4.69, 9.17) is 4.42 Å². The number of amides is 1. The number of furan rings is 1. The first-order valence-corrected chi connectivity index (χ1v) is 7.33. The minimum absolute atomic E-state index is 0.110. The highest BCUT2D eigenvalue weighted by atomic mass is 16.3. The molecule has 2 unspecified atom stereocenters. The van der Waals surface area contributed by atoms with E-state index in [2.05, 4.69) is 18.3 Å². The monoisotopic (exact) mass is 284 g/mol. The zero-order chi connectivity index (χ0) is 14.8. The van der Waals surface area contributed by atoms with Crippen LogP contribution in [0.15, 0.2) is 47.1 Å². The van der Waals surface area contributed by atoms with Crippen LogP contribution in [0.3, 0.4) is 0 Å². The van der Waals surface area contributed by atoms with Gasteiger partial charge in [-0.1, -0.05) is 18.2 Å². The summed E-state index contributed by atoms with van der Waals surface area (Å²) in [5.74, 6) is 0.948. The Labute approximate surface area is 124 Å². The molecule has 0 spiro atoms. The van der Waals surface area contributed by atoms with Crippen molar-refractivity contribution in [2.75, 3.05) is 4.90 Å². The molecule has 2 heterocycles. The number of benzene rings is 1. The minimum Gasteiger partial charge on any atom is -0.468 e. The first-order chi connectivity index (χ1) is 10.2. The molecule has 0 radical (unpaired) electrons. The molecule has 0 bridgehead atoms. The number of hydrogen-bond acceptors (Lipinski definition) is 3. The summed E-state index contributed by atoms with van der Waals surface area (Å²) in [7, 11) is 0. The van der Waals surface area contributed by atoms with Crippen LogP contribution >= 0.6 is 0 Å². The molecule has 0 saturated carbocycles. The number of rotatable bonds is 4. The van der Waals surface area contributed by atoms with Gasteiger partial charge in [-0.2, -0.15) is 0 Å². The number of carbonyl (C=O) groups excluding carboxylic acids is 1. The van der Waals surface area contributed by atoms with Gasteiger partial charge in [-0.3, -0.25) is 10.1 Å². The highest BCUT2D eigenvalue weighted by Crippen LogP contribution is 2.32. The largest absolute Gasteiger partial charge is 0.468 e. The van der Waals surface area contributed by atoms with Crippen LogP contribution < -0.4 is 10.2 Å². The molecule has 3 rings (SSSR count). The van der Waals surface area contributed by atoms with E-state index < -0.39 is 0 Å². The number of nitrogens with one attached hydrogen (secondary N) is 1. The minimum atomic E-state index is -0.247. The van der Waals surface area contributed by atoms with Gasteiger partial charge >= 0.3 is 0 Å². The van der Waals surface area contributed by atoms with E-state index in [1.165, 1.54) is 5.56 Å². The van der Waals surface area contributed by atoms with E-state index >= 15 is 0 Å². The molecular weight excluding hydrogens is 264 g/mol. The molecule has 4 nitrogen and oxygen atoms in total. The summed E-state index contributed by atoms with van der Waals surface area (Å²) in [5.41, 5.74) is 2.29. The van der Waals surface area contributed by atoms with Crippen molar-refractivity contribution in [3.63, 3.8) is 0 Å². The number of anilines is 1. The molecule has 110 valence electrons. The fourth-order valence-electron chi connectivity index (χ4n) is 2.86. The Morgan fingerprint density at radius 1 is 1.38 bits per heavy atom. The van der Waals surface area contributed by atoms with Crippen LogP contribution in [0.4, 0.5) is 5.69 Å². The first kappa shape index (κ1) is 13.9. The molecule has 1 aromatic carbocycles. The maximum atomic E-state index is 12.7. The van der Waals surface area contributed by atoms with Crippen molar-refractivity contribution < 1.29 is 9.21 Å². The van der Waals surface area contributed by atoms with Crippen molar-refractivity contribution in [3.8, 4) is 0 Å². The fourth-order valence-corrected chi connectivity index (χ4v) is 2.86. The molecule has 1 N–H and O–H groups in total. The summed E-state index contributed by atoms with van der Waals surface area (Å²) in [5, 5.41) is 3.23. The molecular formula is C17H20N2O2. The zero-order valence-electron chi connectivity index (χ0n) is 12.4. The van der Waals surface area contributed by atoms with E-state index in [1.807, 2.05) is 42.2 Å². The Balaban J connectivity index is 1.69. The van der Waals surface area contributed by atoms with Crippen LogP contribution in [0.1, 0.15) is 25.2 Å². The highest BCUT2D eigenvalue weighted by molar-refractivity contribution is 5.99. The van der Waals surface area contributed by atoms with Crippen LogP contribution in [0.2, 0.25) is 0 Å². The van der Waals surface area contributed by atoms with E-state index in [0.717, 1.165) is 17.9 Å². The predicted molar refractivity (Wildman–Crippen MR) is 82.1 cm³/mol. The molecule has 2 aromatic rings. The van der Waals surface area contributed by atoms with E-state index in [0.29, 0.717) is 6.54 Å². The van der Waals surface area contributed by atoms with Crippen molar-refractivity contribution in [2.45, 2.75) is 38.9 Å². The first-order valence-electron chi connectivity index (χ1n) is 7.33. The van der Waals surface area contributed by atoms with Gasteiger partial charge in [0.25, 0.3) is 0 Å². The van der Waals surface area contributed by atoms with Crippen LogP contribution in [0.5, 0.6) is 0 Å². The lowest BCUT2D eigenvalue weighted by Gasteiger charge is -2.26. The molecule has 1 amide bonds. The lowest BCUT2D eigenvalue weighted by atomic mass is 10.1. The van der Waals surface area contributed by atoms with Crippen LogP contribution in [0.25, 0.3) is 0 Å². The summed E-state index contributed by atoms with van der Waals surface area (Å²) >= 11 is 0. The SMILES string of the molecule is CC(NCc1ccco1)C(=O)N1c2ccccc2CC1C. The normalized spacial score (nSPS) is 18.6. The van der Waals surface area contributed by atoms with Crippen molar-refractivity contribution in [3.05, 3.63) is 54.0 Å². The Kier molecular flexibility index (Phi) is 3.80. The van der Waals surface area contributed by atoms with Gasteiger partial charge < -0.3 is 9.32 Å². The molecule has 21 heavy (non-hydrogen) atoms. The smallest absolute Gasteiger partial charge is 0.244 e. The van der Waals surface area contributed by atoms with Crippen LogP contribution in [-0.4, -0.2) is 18.0 Å². The second-order valence-corrected chi connectivity index (χ2v) is 5.57. The maximum Gasteiger partial charge on any atom is 0.244 e. The molecule has 0 fully saturated rings. The van der Waals surface area contributed by atoms with Gasteiger partial charge in [0.05, 0.1) is 18.8 Å². The highest BCUT2D eigenvalue weighted by Gasteiger charge is 2.32.